The lowest BCUT2D eigenvalue weighted by molar-refractivity contribution is -0.123. The first-order chi connectivity index (χ1) is 7.41. The van der Waals surface area contributed by atoms with Crippen LogP contribution in [-0.2, 0) is 11.3 Å². The predicted octanol–water partition coefficient (Wildman–Crippen LogP) is 1.36. The van der Waals surface area contributed by atoms with E-state index in [-0.39, 0.29) is 11.8 Å². The standard InChI is InChI=1S/C11H19N3OS/c1-6(2)10(12)11(15)13-5-9-7(3)14-8(4)16-9/h6,10H,5,12H2,1-4H3,(H,13,15)/t10-/m1/s1. The third-order valence-corrected chi connectivity index (χ3v) is 3.52. The summed E-state index contributed by atoms with van der Waals surface area (Å²) in [6.45, 7) is 8.31. The highest BCUT2D eigenvalue weighted by Gasteiger charge is 2.17. The van der Waals surface area contributed by atoms with Crippen molar-refractivity contribution < 1.29 is 4.79 Å². The van der Waals surface area contributed by atoms with Crippen molar-refractivity contribution >= 4 is 17.2 Å². The molecule has 5 heteroatoms. The molecule has 0 spiro atoms. The van der Waals surface area contributed by atoms with Gasteiger partial charge in [-0.1, -0.05) is 13.8 Å². The van der Waals surface area contributed by atoms with Crippen LogP contribution in [-0.4, -0.2) is 16.9 Å². The molecule has 3 N–H and O–H groups in total. The fourth-order valence-corrected chi connectivity index (χ4v) is 2.20. The van der Waals surface area contributed by atoms with E-state index in [9.17, 15) is 4.79 Å². The van der Waals surface area contributed by atoms with Crippen molar-refractivity contribution in [2.45, 2.75) is 40.3 Å². The van der Waals surface area contributed by atoms with Gasteiger partial charge in [0, 0.05) is 4.88 Å². The molecule has 0 unspecified atom stereocenters. The Kier molecular flexibility index (Phi) is 4.44. The zero-order chi connectivity index (χ0) is 12.3. The number of carbonyl (C=O) groups excluding carboxylic acids is 1. The maximum absolute atomic E-state index is 11.6. The van der Waals surface area contributed by atoms with E-state index in [2.05, 4.69) is 10.3 Å². The normalized spacial score (nSPS) is 12.9. The average molecular weight is 241 g/mol. The first kappa shape index (κ1) is 13.1. The van der Waals surface area contributed by atoms with Crippen LogP contribution in [0.2, 0.25) is 0 Å². The fourth-order valence-electron chi connectivity index (χ4n) is 1.33. The Labute approximate surface area is 100 Å². The summed E-state index contributed by atoms with van der Waals surface area (Å²) in [5.41, 5.74) is 6.73. The molecule has 0 aliphatic rings. The van der Waals surface area contributed by atoms with Crippen molar-refractivity contribution in [3.8, 4) is 0 Å². The van der Waals surface area contributed by atoms with Gasteiger partial charge >= 0.3 is 0 Å². The fraction of sp³-hybridized carbons (Fsp3) is 0.636. The molecule has 1 amide bonds. The van der Waals surface area contributed by atoms with E-state index >= 15 is 0 Å². The minimum Gasteiger partial charge on any atom is -0.350 e. The van der Waals surface area contributed by atoms with Crippen molar-refractivity contribution in [2.24, 2.45) is 11.7 Å². The first-order valence-electron chi connectivity index (χ1n) is 5.38. The van der Waals surface area contributed by atoms with E-state index in [0.29, 0.717) is 6.54 Å². The smallest absolute Gasteiger partial charge is 0.237 e. The van der Waals surface area contributed by atoms with E-state index in [1.54, 1.807) is 11.3 Å². The third kappa shape index (κ3) is 3.28. The Morgan fingerprint density at radius 3 is 2.56 bits per heavy atom. The lowest BCUT2D eigenvalue weighted by Crippen LogP contribution is -2.43. The van der Waals surface area contributed by atoms with E-state index in [1.807, 2.05) is 27.7 Å². The molecule has 16 heavy (non-hydrogen) atoms. The van der Waals surface area contributed by atoms with Gasteiger partial charge in [0.05, 0.1) is 23.3 Å². The number of nitrogens with two attached hydrogens (primary N) is 1. The third-order valence-electron chi connectivity index (χ3n) is 2.44. The second-order valence-electron chi connectivity index (χ2n) is 4.23. The van der Waals surface area contributed by atoms with Crippen LogP contribution < -0.4 is 11.1 Å². The van der Waals surface area contributed by atoms with Crippen molar-refractivity contribution in [3.05, 3.63) is 15.6 Å². The van der Waals surface area contributed by atoms with Gasteiger partial charge < -0.3 is 11.1 Å². The molecular weight excluding hydrogens is 222 g/mol. The maximum atomic E-state index is 11.6. The summed E-state index contributed by atoms with van der Waals surface area (Å²) < 4.78 is 0. The molecule has 0 fully saturated rings. The highest BCUT2D eigenvalue weighted by molar-refractivity contribution is 7.11. The van der Waals surface area contributed by atoms with Crippen LogP contribution in [0, 0.1) is 19.8 Å². The van der Waals surface area contributed by atoms with Crippen LogP contribution in [0.5, 0.6) is 0 Å². The molecule has 0 radical (unpaired) electrons. The minimum absolute atomic E-state index is 0.0968. The first-order valence-corrected chi connectivity index (χ1v) is 6.19. The number of thiazole rings is 1. The zero-order valence-electron chi connectivity index (χ0n) is 10.2. The second kappa shape index (κ2) is 5.41. The van der Waals surface area contributed by atoms with Crippen LogP contribution in [0.4, 0.5) is 0 Å². The number of hydrogen-bond acceptors (Lipinski definition) is 4. The lowest BCUT2D eigenvalue weighted by Gasteiger charge is -2.14. The van der Waals surface area contributed by atoms with Crippen LogP contribution >= 0.6 is 11.3 Å². The molecule has 0 saturated carbocycles. The van der Waals surface area contributed by atoms with Gasteiger partial charge in [0.15, 0.2) is 0 Å². The van der Waals surface area contributed by atoms with Gasteiger partial charge in [0.25, 0.3) is 0 Å². The number of amides is 1. The van der Waals surface area contributed by atoms with Crippen molar-refractivity contribution in [3.63, 3.8) is 0 Å². The Bertz CT molecular complexity index is 373. The van der Waals surface area contributed by atoms with Gasteiger partial charge in [-0.05, 0) is 19.8 Å². The minimum atomic E-state index is -0.436. The Hall–Kier alpha value is -0.940. The molecule has 90 valence electrons. The Morgan fingerprint density at radius 2 is 2.12 bits per heavy atom. The number of aryl methyl sites for hydroxylation is 2. The number of rotatable bonds is 4. The summed E-state index contributed by atoms with van der Waals surface area (Å²) in [5, 5.41) is 3.86. The molecule has 1 heterocycles. The number of hydrogen-bond donors (Lipinski definition) is 2. The summed E-state index contributed by atoms with van der Waals surface area (Å²) in [4.78, 5) is 17.0. The van der Waals surface area contributed by atoms with Gasteiger partial charge in [-0.25, -0.2) is 4.98 Å². The molecule has 1 aromatic rings. The predicted molar refractivity (Wildman–Crippen MR) is 66.2 cm³/mol. The zero-order valence-corrected chi connectivity index (χ0v) is 11.0. The molecule has 4 nitrogen and oxygen atoms in total. The van der Waals surface area contributed by atoms with Crippen molar-refractivity contribution in [2.75, 3.05) is 0 Å². The summed E-state index contributed by atoms with van der Waals surface area (Å²) in [7, 11) is 0. The molecule has 0 bridgehead atoms. The summed E-state index contributed by atoms with van der Waals surface area (Å²) >= 11 is 1.61. The van der Waals surface area contributed by atoms with E-state index in [4.69, 9.17) is 5.73 Å². The topological polar surface area (TPSA) is 68.0 Å². The number of carbonyl (C=O) groups is 1. The molecule has 0 aliphatic heterocycles. The highest BCUT2D eigenvalue weighted by atomic mass is 32.1. The van der Waals surface area contributed by atoms with E-state index in [1.165, 1.54) is 0 Å². The van der Waals surface area contributed by atoms with Crippen molar-refractivity contribution in [1.29, 1.82) is 0 Å². The SMILES string of the molecule is Cc1nc(C)c(CNC(=O)[C@H](N)C(C)C)s1. The van der Waals surface area contributed by atoms with Gasteiger partial charge in [0.2, 0.25) is 5.91 Å². The molecule has 1 rings (SSSR count). The molecular formula is C11H19N3OS. The number of aromatic nitrogens is 1. The van der Waals surface area contributed by atoms with E-state index in [0.717, 1.165) is 15.6 Å². The van der Waals surface area contributed by atoms with Crippen LogP contribution in [0.3, 0.4) is 0 Å². The van der Waals surface area contributed by atoms with Crippen molar-refractivity contribution in [1.82, 2.24) is 10.3 Å². The number of nitrogens with one attached hydrogen (secondary N) is 1. The lowest BCUT2D eigenvalue weighted by atomic mass is 10.1. The van der Waals surface area contributed by atoms with Gasteiger partial charge in [-0.15, -0.1) is 11.3 Å². The quantitative estimate of drug-likeness (QED) is 0.836. The van der Waals surface area contributed by atoms with Crippen LogP contribution in [0.15, 0.2) is 0 Å². The van der Waals surface area contributed by atoms with Gasteiger partial charge in [0.1, 0.15) is 0 Å². The second-order valence-corrected chi connectivity index (χ2v) is 5.52. The summed E-state index contributed by atoms with van der Waals surface area (Å²) in [6, 6.07) is -0.436. The Balaban J connectivity index is 2.52. The van der Waals surface area contributed by atoms with Crippen LogP contribution in [0.1, 0.15) is 29.4 Å². The summed E-state index contributed by atoms with van der Waals surface area (Å²) in [6.07, 6.45) is 0. The summed E-state index contributed by atoms with van der Waals surface area (Å²) in [5.74, 6) is 0.0600. The molecule has 0 saturated heterocycles. The van der Waals surface area contributed by atoms with Crippen LogP contribution in [0.25, 0.3) is 0 Å². The largest absolute Gasteiger partial charge is 0.350 e. The Morgan fingerprint density at radius 1 is 1.50 bits per heavy atom. The molecule has 0 aliphatic carbocycles. The molecule has 1 atom stereocenters. The highest BCUT2D eigenvalue weighted by Crippen LogP contribution is 2.16. The monoisotopic (exact) mass is 241 g/mol. The van der Waals surface area contributed by atoms with Gasteiger partial charge in [-0.2, -0.15) is 0 Å². The average Bonchev–Trinajstić information content (AvgIpc) is 2.52. The maximum Gasteiger partial charge on any atom is 0.237 e. The number of nitrogens with zero attached hydrogens (tertiary/aromatic N) is 1. The van der Waals surface area contributed by atoms with Gasteiger partial charge in [-0.3, -0.25) is 4.79 Å². The molecule has 0 aromatic carbocycles. The molecule has 1 aromatic heterocycles. The van der Waals surface area contributed by atoms with E-state index < -0.39 is 6.04 Å².